The van der Waals surface area contributed by atoms with Crippen LogP contribution >= 0.6 is 0 Å². The van der Waals surface area contributed by atoms with Crippen LogP contribution in [0.15, 0.2) is 0 Å². The molecular formula is C12H25NOS. The van der Waals surface area contributed by atoms with Crippen LogP contribution in [0.3, 0.4) is 0 Å². The van der Waals surface area contributed by atoms with Crippen LogP contribution in [-0.2, 0) is 10.8 Å². The lowest BCUT2D eigenvalue weighted by molar-refractivity contribution is 0.395. The molecule has 0 radical (unpaired) electrons. The van der Waals surface area contributed by atoms with Gasteiger partial charge in [-0.15, -0.1) is 0 Å². The van der Waals surface area contributed by atoms with Gasteiger partial charge in [0.1, 0.15) is 0 Å². The first-order chi connectivity index (χ1) is 7.06. The molecule has 0 aromatic rings. The molecule has 1 saturated carbocycles. The van der Waals surface area contributed by atoms with E-state index in [4.69, 9.17) is 0 Å². The Morgan fingerprint density at radius 1 is 1.27 bits per heavy atom. The van der Waals surface area contributed by atoms with E-state index >= 15 is 0 Å². The monoisotopic (exact) mass is 231 g/mol. The fraction of sp³-hybridized carbons (Fsp3) is 1.00. The van der Waals surface area contributed by atoms with Crippen molar-refractivity contribution in [3.8, 4) is 0 Å². The minimum Gasteiger partial charge on any atom is -0.317 e. The van der Waals surface area contributed by atoms with Crippen LogP contribution in [-0.4, -0.2) is 27.8 Å². The van der Waals surface area contributed by atoms with Gasteiger partial charge in [0.15, 0.2) is 0 Å². The summed E-state index contributed by atoms with van der Waals surface area (Å²) in [6, 6.07) is 0.590. The van der Waals surface area contributed by atoms with Crippen molar-refractivity contribution in [1.29, 1.82) is 0 Å². The number of nitrogens with one attached hydrogen (secondary N) is 1. The van der Waals surface area contributed by atoms with Gasteiger partial charge in [0.05, 0.1) is 0 Å². The predicted molar refractivity (Wildman–Crippen MR) is 67.5 cm³/mol. The minimum absolute atomic E-state index is 0.339. The van der Waals surface area contributed by atoms with Crippen molar-refractivity contribution in [2.75, 3.05) is 7.05 Å². The molecular weight excluding hydrogens is 206 g/mol. The van der Waals surface area contributed by atoms with Gasteiger partial charge in [-0.3, -0.25) is 4.21 Å². The van der Waals surface area contributed by atoms with Gasteiger partial charge in [0.2, 0.25) is 0 Å². The zero-order valence-electron chi connectivity index (χ0n) is 10.5. The van der Waals surface area contributed by atoms with Crippen LogP contribution in [0, 0.1) is 5.92 Å². The summed E-state index contributed by atoms with van der Waals surface area (Å²) < 4.78 is 12.3. The molecule has 2 nitrogen and oxygen atoms in total. The SMILES string of the molecule is CNC1CCCC(S(=O)C(C)C(C)C)C1. The summed E-state index contributed by atoms with van der Waals surface area (Å²) in [5.41, 5.74) is 0. The van der Waals surface area contributed by atoms with Crippen LogP contribution in [0.5, 0.6) is 0 Å². The fourth-order valence-electron chi connectivity index (χ4n) is 2.19. The van der Waals surface area contributed by atoms with E-state index in [2.05, 4.69) is 26.1 Å². The topological polar surface area (TPSA) is 29.1 Å². The van der Waals surface area contributed by atoms with Crippen molar-refractivity contribution < 1.29 is 4.21 Å². The van der Waals surface area contributed by atoms with Gasteiger partial charge < -0.3 is 5.32 Å². The van der Waals surface area contributed by atoms with E-state index in [1.165, 1.54) is 12.8 Å². The van der Waals surface area contributed by atoms with Gasteiger partial charge in [-0.25, -0.2) is 0 Å². The Kier molecular flexibility index (Phi) is 5.27. The number of rotatable bonds is 4. The maximum atomic E-state index is 12.3. The summed E-state index contributed by atoms with van der Waals surface area (Å²) in [7, 11) is 1.37. The van der Waals surface area contributed by atoms with E-state index < -0.39 is 10.8 Å². The summed E-state index contributed by atoms with van der Waals surface area (Å²) >= 11 is 0. The highest BCUT2D eigenvalue weighted by Gasteiger charge is 2.29. The molecule has 0 amide bonds. The lowest BCUT2D eigenvalue weighted by atomic mass is 9.95. The molecule has 1 N–H and O–H groups in total. The molecule has 3 heteroatoms. The molecule has 1 rings (SSSR count). The van der Waals surface area contributed by atoms with Crippen LogP contribution < -0.4 is 5.32 Å². The van der Waals surface area contributed by atoms with Crippen molar-refractivity contribution in [3.63, 3.8) is 0 Å². The van der Waals surface area contributed by atoms with E-state index in [-0.39, 0.29) is 0 Å². The lowest BCUT2D eigenvalue weighted by Gasteiger charge is -2.31. The molecule has 1 aliphatic carbocycles. The highest BCUT2D eigenvalue weighted by molar-refractivity contribution is 7.86. The second-order valence-corrected chi connectivity index (χ2v) is 7.12. The zero-order chi connectivity index (χ0) is 11.4. The normalized spacial score (nSPS) is 31.5. The molecule has 4 atom stereocenters. The summed E-state index contributed by atoms with van der Waals surface area (Å²) in [4.78, 5) is 0. The standard InChI is InChI=1S/C12H25NOS/c1-9(2)10(3)15(14)12-7-5-6-11(8-12)13-4/h9-13H,5-8H2,1-4H3. The molecule has 0 heterocycles. The Morgan fingerprint density at radius 3 is 2.47 bits per heavy atom. The van der Waals surface area contributed by atoms with Gasteiger partial charge in [-0.2, -0.15) is 0 Å². The molecule has 15 heavy (non-hydrogen) atoms. The summed E-state index contributed by atoms with van der Waals surface area (Å²) in [6.45, 7) is 6.46. The Balaban J connectivity index is 2.52. The second-order valence-electron chi connectivity index (χ2n) is 5.05. The third-order valence-electron chi connectivity index (χ3n) is 3.67. The van der Waals surface area contributed by atoms with Gasteiger partial charge in [-0.1, -0.05) is 27.2 Å². The molecule has 4 unspecified atom stereocenters. The largest absolute Gasteiger partial charge is 0.317 e. The van der Waals surface area contributed by atoms with E-state index in [0.717, 1.165) is 12.8 Å². The quantitative estimate of drug-likeness (QED) is 0.804. The lowest BCUT2D eigenvalue weighted by Crippen LogP contribution is -2.38. The average Bonchev–Trinajstić information content (AvgIpc) is 2.27. The van der Waals surface area contributed by atoms with Crippen LogP contribution in [0.4, 0.5) is 0 Å². The Morgan fingerprint density at radius 2 is 1.93 bits per heavy atom. The highest BCUT2D eigenvalue weighted by atomic mass is 32.2. The molecule has 1 aliphatic rings. The summed E-state index contributed by atoms with van der Waals surface area (Å²) in [5, 5.41) is 4.09. The zero-order valence-corrected chi connectivity index (χ0v) is 11.3. The molecule has 0 aliphatic heterocycles. The minimum atomic E-state index is -0.644. The van der Waals surface area contributed by atoms with Gasteiger partial charge >= 0.3 is 0 Å². The molecule has 0 saturated heterocycles. The van der Waals surface area contributed by atoms with Crippen molar-refractivity contribution in [2.24, 2.45) is 5.92 Å². The Bertz CT molecular complexity index is 218. The third-order valence-corrected chi connectivity index (χ3v) is 6.03. The molecule has 0 bridgehead atoms. The summed E-state index contributed by atoms with van der Waals surface area (Å²) in [5.74, 6) is 0.529. The van der Waals surface area contributed by atoms with Crippen LogP contribution in [0.2, 0.25) is 0 Å². The van der Waals surface area contributed by atoms with E-state index in [0.29, 0.717) is 22.5 Å². The van der Waals surface area contributed by atoms with Gasteiger partial charge in [0.25, 0.3) is 0 Å². The molecule has 1 fully saturated rings. The van der Waals surface area contributed by atoms with E-state index in [1.807, 2.05) is 7.05 Å². The number of hydrogen-bond acceptors (Lipinski definition) is 2. The summed E-state index contributed by atoms with van der Waals surface area (Å²) in [6.07, 6.45) is 4.73. The Labute approximate surface area is 96.7 Å². The molecule has 0 spiro atoms. The third kappa shape index (κ3) is 3.56. The second kappa shape index (κ2) is 6.00. The van der Waals surface area contributed by atoms with Crippen molar-refractivity contribution in [2.45, 2.75) is 63.0 Å². The molecule has 90 valence electrons. The van der Waals surface area contributed by atoms with E-state index in [1.54, 1.807) is 0 Å². The van der Waals surface area contributed by atoms with Crippen molar-refractivity contribution in [1.82, 2.24) is 5.32 Å². The fourth-order valence-corrected chi connectivity index (χ4v) is 4.15. The first-order valence-electron chi connectivity index (χ1n) is 6.13. The average molecular weight is 231 g/mol. The van der Waals surface area contributed by atoms with E-state index in [9.17, 15) is 4.21 Å². The highest BCUT2D eigenvalue weighted by Crippen LogP contribution is 2.26. The Hall–Kier alpha value is 0.110. The van der Waals surface area contributed by atoms with Gasteiger partial charge in [0, 0.05) is 27.3 Å². The molecule has 0 aromatic carbocycles. The molecule has 0 aromatic heterocycles. The maximum absolute atomic E-state index is 12.3. The maximum Gasteiger partial charge on any atom is 0.0365 e. The van der Waals surface area contributed by atoms with Crippen molar-refractivity contribution in [3.05, 3.63) is 0 Å². The first kappa shape index (κ1) is 13.2. The first-order valence-corrected chi connectivity index (χ1v) is 7.40. The van der Waals surface area contributed by atoms with Crippen molar-refractivity contribution >= 4 is 10.8 Å². The van der Waals surface area contributed by atoms with Gasteiger partial charge in [-0.05, 0) is 32.2 Å². The van der Waals surface area contributed by atoms with Crippen LogP contribution in [0.25, 0.3) is 0 Å². The number of hydrogen-bond donors (Lipinski definition) is 1. The predicted octanol–water partition coefficient (Wildman–Crippen LogP) is 2.31. The van der Waals surface area contributed by atoms with Crippen LogP contribution in [0.1, 0.15) is 46.5 Å². The smallest absolute Gasteiger partial charge is 0.0365 e.